The van der Waals surface area contributed by atoms with Crippen LogP contribution in [0, 0.1) is 0 Å². The van der Waals surface area contributed by atoms with Gasteiger partial charge in [-0.2, -0.15) is 0 Å². The summed E-state index contributed by atoms with van der Waals surface area (Å²) in [5.41, 5.74) is 1.72. The Balaban J connectivity index is 1.71. The van der Waals surface area contributed by atoms with E-state index in [1.807, 2.05) is 24.3 Å². The average Bonchev–Trinajstić information content (AvgIpc) is 2.93. The first-order chi connectivity index (χ1) is 11.5. The Hall–Kier alpha value is -1.86. The number of carbonyl (C=O) groups is 1. The number of hydrogen-bond donors (Lipinski definition) is 0. The molecule has 1 aliphatic heterocycles. The summed E-state index contributed by atoms with van der Waals surface area (Å²) in [7, 11) is -3.27. The zero-order valence-corrected chi connectivity index (χ0v) is 15.2. The number of benzene rings is 2. The summed E-state index contributed by atoms with van der Waals surface area (Å²) in [6, 6.07) is 14.0. The number of hydrogen-bond acceptors (Lipinski definition) is 4. The highest BCUT2D eigenvalue weighted by atomic mass is 79.9. The minimum absolute atomic E-state index is 0.144. The molecule has 5 nitrogen and oxygen atoms in total. The van der Waals surface area contributed by atoms with Crippen LogP contribution in [0.25, 0.3) is 0 Å². The van der Waals surface area contributed by atoms with E-state index in [0.29, 0.717) is 24.2 Å². The van der Waals surface area contributed by atoms with Gasteiger partial charge in [0.25, 0.3) is 0 Å². The van der Waals surface area contributed by atoms with Crippen molar-refractivity contribution in [2.24, 2.45) is 0 Å². The Morgan fingerprint density at radius 3 is 2.58 bits per heavy atom. The third-order valence-corrected chi connectivity index (χ3v) is 6.15. The van der Waals surface area contributed by atoms with Crippen molar-refractivity contribution in [1.82, 2.24) is 0 Å². The second-order valence-electron chi connectivity index (χ2n) is 5.49. The van der Waals surface area contributed by atoms with Gasteiger partial charge in [-0.15, -0.1) is 0 Å². The Morgan fingerprint density at radius 1 is 1.17 bits per heavy atom. The van der Waals surface area contributed by atoms with Crippen molar-refractivity contribution in [1.29, 1.82) is 0 Å². The molecule has 24 heavy (non-hydrogen) atoms. The van der Waals surface area contributed by atoms with Crippen LogP contribution >= 0.6 is 15.9 Å². The van der Waals surface area contributed by atoms with Gasteiger partial charge >= 0.3 is 5.97 Å². The first-order valence-electron chi connectivity index (χ1n) is 7.48. The van der Waals surface area contributed by atoms with Crippen LogP contribution in [-0.4, -0.2) is 26.7 Å². The van der Waals surface area contributed by atoms with E-state index >= 15 is 0 Å². The third-order valence-electron chi connectivity index (χ3n) is 3.75. The summed E-state index contributed by atoms with van der Waals surface area (Å²) in [6.07, 6.45) is 0.598. The van der Waals surface area contributed by atoms with Gasteiger partial charge in [-0.1, -0.05) is 34.1 Å². The van der Waals surface area contributed by atoms with E-state index < -0.39 is 16.0 Å². The van der Waals surface area contributed by atoms with Crippen molar-refractivity contribution in [3.05, 3.63) is 64.1 Å². The van der Waals surface area contributed by atoms with Gasteiger partial charge < -0.3 is 4.74 Å². The highest BCUT2D eigenvalue weighted by Crippen LogP contribution is 2.25. The van der Waals surface area contributed by atoms with Crippen molar-refractivity contribution in [3.8, 4) is 0 Å². The van der Waals surface area contributed by atoms with E-state index in [9.17, 15) is 13.2 Å². The molecule has 0 aromatic heterocycles. The number of nitrogens with zero attached hydrogens (tertiary/aromatic N) is 1. The number of halogens is 1. The Labute approximate surface area is 149 Å². The molecule has 1 aliphatic rings. The number of sulfonamides is 1. The molecule has 0 aliphatic carbocycles. The first-order valence-corrected chi connectivity index (χ1v) is 9.88. The fourth-order valence-corrected chi connectivity index (χ4v) is 4.35. The van der Waals surface area contributed by atoms with Gasteiger partial charge in [0.2, 0.25) is 10.0 Å². The molecule has 126 valence electrons. The molecule has 3 rings (SSSR count). The fourth-order valence-electron chi connectivity index (χ4n) is 2.53. The lowest BCUT2D eigenvalue weighted by molar-refractivity contribution is 0.0472. The summed E-state index contributed by atoms with van der Waals surface area (Å²) in [5.74, 6) is -0.332. The fraction of sp³-hybridized carbons (Fsp3) is 0.235. The van der Waals surface area contributed by atoms with E-state index in [1.165, 1.54) is 4.31 Å². The number of anilines is 1. The number of rotatable bonds is 4. The van der Waals surface area contributed by atoms with Crippen LogP contribution in [0.15, 0.2) is 53.0 Å². The third kappa shape index (κ3) is 3.79. The lowest BCUT2D eigenvalue weighted by atomic mass is 10.2. The summed E-state index contributed by atoms with van der Waals surface area (Å²) < 4.78 is 31.6. The van der Waals surface area contributed by atoms with Gasteiger partial charge in [0, 0.05) is 11.0 Å². The molecule has 2 aromatic rings. The van der Waals surface area contributed by atoms with Crippen LogP contribution in [0.1, 0.15) is 22.3 Å². The highest BCUT2D eigenvalue weighted by Gasteiger charge is 2.28. The van der Waals surface area contributed by atoms with Crippen LogP contribution in [0.3, 0.4) is 0 Å². The van der Waals surface area contributed by atoms with E-state index in [2.05, 4.69) is 15.9 Å². The van der Waals surface area contributed by atoms with E-state index in [-0.39, 0.29) is 12.4 Å². The topological polar surface area (TPSA) is 63.7 Å². The maximum absolute atomic E-state index is 12.2. The molecule has 1 saturated heterocycles. The Bertz CT molecular complexity index is 849. The molecule has 0 amide bonds. The smallest absolute Gasteiger partial charge is 0.338 e. The molecule has 0 bridgehead atoms. The van der Waals surface area contributed by atoms with Crippen LogP contribution in [0.4, 0.5) is 5.69 Å². The normalized spacial score (nSPS) is 16.1. The standard InChI is InChI=1S/C17H16BrNO4S/c18-15-7-5-13(6-8-15)12-23-17(20)14-3-1-4-16(11-14)19-9-2-10-24(19,21)22/h1,3-8,11H,2,9-10,12H2. The molecule has 0 radical (unpaired) electrons. The molecular weight excluding hydrogens is 394 g/mol. The lowest BCUT2D eigenvalue weighted by Crippen LogP contribution is -2.25. The lowest BCUT2D eigenvalue weighted by Gasteiger charge is -2.17. The van der Waals surface area contributed by atoms with Crippen LogP contribution < -0.4 is 4.31 Å². The molecule has 0 atom stereocenters. The molecule has 1 heterocycles. The maximum atomic E-state index is 12.2. The summed E-state index contributed by atoms with van der Waals surface area (Å²) in [4.78, 5) is 12.2. The molecule has 0 spiro atoms. The predicted octanol–water partition coefficient (Wildman–Crippen LogP) is 3.35. The Morgan fingerprint density at radius 2 is 1.92 bits per heavy atom. The van der Waals surface area contributed by atoms with Gasteiger partial charge in [0.15, 0.2) is 0 Å². The van der Waals surface area contributed by atoms with Crippen molar-refractivity contribution in [3.63, 3.8) is 0 Å². The average molecular weight is 410 g/mol. The van der Waals surface area contributed by atoms with E-state index in [0.717, 1.165) is 10.0 Å². The Kier molecular flexibility index (Phi) is 4.91. The molecule has 0 saturated carbocycles. The van der Waals surface area contributed by atoms with Crippen molar-refractivity contribution < 1.29 is 17.9 Å². The zero-order chi connectivity index (χ0) is 17.2. The van der Waals surface area contributed by atoms with Gasteiger partial charge in [0.1, 0.15) is 6.61 Å². The summed E-state index contributed by atoms with van der Waals surface area (Å²) >= 11 is 3.35. The maximum Gasteiger partial charge on any atom is 0.338 e. The van der Waals surface area contributed by atoms with E-state index in [4.69, 9.17) is 4.74 Å². The number of ether oxygens (including phenoxy) is 1. The highest BCUT2D eigenvalue weighted by molar-refractivity contribution is 9.10. The van der Waals surface area contributed by atoms with Crippen LogP contribution in [0.2, 0.25) is 0 Å². The molecule has 0 unspecified atom stereocenters. The van der Waals surface area contributed by atoms with Gasteiger partial charge in [0.05, 0.1) is 17.0 Å². The van der Waals surface area contributed by atoms with E-state index in [1.54, 1.807) is 24.3 Å². The van der Waals surface area contributed by atoms with Gasteiger partial charge in [-0.25, -0.2) is 13.2 Å². The minimum Gasteiger partial charge on any atom is -0.457 e. The van der Waals surface area contributed by atoms with Crippen LogP contribution in [-0.2, 0) is 21.4 Å². The largest absolute Gasteiger partial charge is 0.457 e. The van der Waals surface area contributed by atoms with Gasteiger partial charge in [-0.05, 0) is 42.3 Å². The van der Waals surface area contributed by atoms with Crippen molar-refractivity contribution >= 4 is 37.6 Å². The molecule has 1 fully saturated rings. The SMILES string of the molecule is O=C(OCc1ccc(Br)cc1)c1cccc(N2CCCS2(=O)=O)c1. The number of esters is 1. The number of carbonyl (C=O) groups excluding carboxylic acids is 1. The zero-order valence-electron chi connectivity index (χ0n) is 12.8. The molecular formula is C17H16BrNO4S. The van der Waals surface area contributed by atoms with Crippen LogP contribution in [0.5, 0.6) is 0 Å². The second kappa shape index (κ2) is 6.94. The van der Waals surface area contributed by atoms with Crippen molar-refractivity contribution in [2.45, 2.75) is 13.0 Å². The van der Waals surface area contributed by atoms with Gasteiger partial charge in [-0.3, -0.25) is 4.31 Å². The molecule has 7 heteroatoms. The molecule has 0 N–H and O–H groups in total. The summed E-state index contributed by atoms with van der Waals surface area (Å²) in [5, 5.41) is 0. The molecule has 2 aromatic carbocycles. The minimum atomic E-state index is -3.27. The first kappa shape index (κ1) is 17.0. The predicted molar refractivity (Wildman–Crippen MR) is 95.5 cm³/mol. The second-order valence-corrected chi connectivity index (χ2v) is 8.42. The van der Waals surface area contributed by atoms with Crippen molar-refractivity contribution in [2.75, 3.05) is 16.6 Å². The quantitative estimate of drug-likeness (QED) is 0.726. The summed E-state index contributed by atoms with van der Waals surface area (Å²) in [6.45, 7) is 0.609. The monoisotopic (exact) mass is 409 g/mol.